The van der Waals surface area contributed by atoms with E-state index in [0.29, 0.717) is 0 Å². The fourth-order valence-electron chi connectivity index (χ4n) is 3.07. The van der Waals surface area contributed by atoms with Gasteiger partial charge in [-0.3, -0.25) is 4.79 Å². The number of halogens is 3. The fourth-order valence-corrected chi connectivity index (χ4v) is 3.07. The molecular formula is C14H21F3N2O. The zero-order chi connectivity index (χ0) is 14.8. The molecule has 3 nitrogen and oxygen atoms in total. The van der Waals surface area contributed by atoms with Gasteiger partial charge < -0.3 is 10.2 Å². The number of piperidine rings is 1. The summed E-state index contributed by atoms with van der Waals surface area (Å²) in [4.78, 5) is 14.2. The number of nitrogens with one attached hydrogen (secondary N) is 1. The normalized spacial score (nSPS) is 23.4. The quantitative estimate of drug-likeness (QED) is 0.793. The maximum absolute atomic E-state index is 12.7. The molecule has 0 aromatic heterocycles. The van der Waals surface area contributed by atoms with Crippen molar-refractivity contribution in [1.29, 1.82) is 0 Å². The van der Waals surface area contributed by atoms with Crippen LogP contribution in [-0.2, 0) is 4.79 Å². The lowest BCUT2D eigenvalue weighted by molar-refractivity contribution is -0.144. The van der Waals surface area contributed by atoms with Crippen molar-refractivity contribution in [3.63, 3.8) is 0 Å². The van der Waals surface area contributed by atoms with Gasteiger partial charge in [-0.25, -0.2) is 0 Å². The molecule has 114 valence electrons. The molecule has 0 radical (unpaired) electrons. The molecule has 0 unspecified atom stereocenters. The molecule has 1 amide bonds. The zero-order valence-corrected chi connectivity index (χ0v) is 11.7. The molecule has 0 aromatic carbocycles. The lowest BCUT2D eigenvalue weighted by Gasteiger charge is -2.40. The van der Waals surface area contributed by atoms with E-state index in [-0.39, 0.29) is 30.8 Å². The minimum Gasteiger partial charge on any atom is -0.338 e. The second kappa shape index (κ2) is 5.76. The molecule has 2 aliphatic rings. The largest absolute Gasteiger partial charge is 0.412 e. The van der Waals surface area contributed by atoms with Crippen molar-refractivity contribution in [3.8, 4) is 0 Å². The smallest absolute Gasteiger partial charge is 0.338 e. The highest BCUT2D eigenvalue weighted by Crippen LogP contribution is 2.36. The second-order valence-electron chi connectivity index (χ2n) is 5.61. The second-order valence-corrected chi connectivity index (χ2v) is 5.61. The van der Waals surface area contributed by atoms with E-state index in [1.807, 2.05) is 6.92 Å². The summed E-state index contributed by atoms with van der Waals surface area (Å²) in [5, 5.41) is 3.23. The molecule has 6 heteroatoms. The first-order valence-corrected chi connectivity index (χ1v) is 7.15. The molecule has 0 aromatic rings. The Morgan fingerprint density at radius 1 is 1.40 bits per heavy atom. The lowest BCUT2D eigenvalue weighted by Crippen LogP contribution is -2.50. The third-order valence-electron chi connectivity index (χ3n) is 4.55. The Hall–Kier alpha value is -1.04. The number of amides is 1. The van der Waals surface area contributed by atoms with Gasteiger partial charge in [-0.15, -0.1) is 0 Å². The van der Waals surface area contributed by atoms with E-state index in [2.05, 4.69) is 5.32 Å². The molecule has 1 N–H and O–H groups in total. The lowest BCUT2D eigenvalue weighted by atomic mass is 9.75. The van der Waals surface area contributed by atoms with Crippen molar-refractivity contribution >= 4 is 5.91 Å². The van der Waals surface area contributed by atoms with Gasteiger partial charge in [0.25, 0.3) is 0 Å². The first kappa shape index (κ1) is 15.4. The Labute approximate surface area is 117 Å². The summed E-state index contributed by atoms with van der Waals surface area (Å²) in [6.45, 7) is 3.86. The van der Waals surface area contributed by atoms with E-state index >= 15 is 0 Å². The zero-order valence-electron chi connectivity index (χ0n) is 11.7. The number of carbonyl (C=O) groups excluding carboxylic acids is 1. The molecular weight excluding hydrogens is 269 g/mol. The third-order valence-corrected chi connectivity index (χ3v) is 4.55. The van der Waals surface area contributed by atoms with Gasteiger partial charge in [0.15, 0.2) is 0 Å². The minimum atomic E-state index is -4.26. The van der Waals surface area contributed by atoms with Crippen molar-refractivity contribution in [2.24, 2.45) is 5.41 Å². The highest BCUT2D eigenvalue weighted by Gasteiger charge is 2.42. The molecule has 0 atom stereocenters. The monoisotopic (exact) mass is 290 g/mol. The first-order chi connectivity index (χ1) is 9.39. The summed E-state index contributed by atoms with van der Waals surface area (Å²) in [7, 11) is 0. The van der Waals surface area contributed by atoms with Crippen LogP contribution in [0.2, 0.25) is 0 Å². The van der Waals surface area contributed by atoms with Gasteiger partial charge in [0.05, 0.1) is 5.41 Å². The summed E-state index contributed by atoms with van der Waals surface area (Å²) in [5.74, 6) is 0.0268. The van der Waals surface area contributed by atoms with Crippen molar-refractivity contribution in [3.05, 3.63) is 11.6 Å². The van der Waals surface area contributed by atoms with Gasteiger partial charge in [-0.05, 0) is 38.8 Å². The number of hydrogen-bond acceptors (Lipinski definition) is 2. The van der Waals surface area contributed by atoms with Gasteiger partial charge in [0.2, 0.25) is 5.91 Å². The number of rotatable bonds is 2. The van der Waals surface area contributed by atoms with Crippen molar-refractivity contribution in [1.82, 2.24) is 10.2 Å². The number of alkyl halides is 3. The van der Waals surface area contributed by atoms with E-state index in [1.165, 1.54) is 0 Å². The SMILES string of the molecule is CCC1(C(=O)N2CC=C(C(F)(F)F)CC2)CCNCC1. The van der Waals surface area contributed by atoms with Gasteiger partial charge in [-0.1, -0.05) is 13.0 Å². The van der Waals surface area contributed by atoms with Crippen LogP contribution in [0.3, 0.4) is 0 Å². The Morgan fingerprint density at radius 2 is 2.05 bits per heavy atom. The van der Waals surface area contributed by atoms with E-state index < -0.39 is 11.7 Å². The van der Waals surface area contributed by atoms with Crippen LogP contribution in [0, 0.1) is 5.41 Å². The molecule has 1 saturated heterocycles. The van der Waals surface area contributed by atoms with E-state index in [0.717, 1.165) is 38.4 Å². The Bertz CT molecular complexity index is 398. The summed E-state index contributed by atoms with van der Waals surface area (Å²) in [6, 6.07) is 0. The molecule has 2 aliphatic heterocycles. The number of carbonyl (C=O) groups is 1. The highest BCUT2D eigenvalue weighted by molar-refractivity contribution is 5.83. The van der Waals surface area contributed by atoms with Crippen LogP contribution in [0.15, 0.2) is 11.6 Å². The standard InChI is InChI=1S/C14H21F3N2O/c1-2-13(5-7-18-8-6-13)12(20)19-9-3-11(4-10-19)14(15,16)17/h3,18H,2,4-10H2,1H3. The molecule has 0 saturated carbocycles. The third kappa shape index (κ3) is 3.00. The molecule has 0 bridgehead atoms. The molecule has 0 aliphatic carbocycles. The number of nitrogens with zero attached hydrogens (tertiary/aromatic N) is 1. The molecule has 1 fully saturated rings. The topological polar surface area (TPSA) is 32.3 Å². The van der Waals surface area contributed by atoms with Crippen molar-refractivity contribution in [2.45, 2.75) is 38.8 Å². The first-order valence-electron chi connectivity index (χ1n) is 7.15. The van der Waals surface area contributed by atoms with Gasteiger partial charge >= 0.3 is 6.18 Å². The van der Waals surface area contributed by atoms with Crippen LogP contribution < -0.4 is 5.32 Å². The van der Waals surface area contributed by atoms with Gasteiger partial charge in [0, 0.05) is 18.7 Å². The fraction of sp³-hybridized carbons (Fsp3) is 0.786. The van der Waals surface area contributed by atoms with Crippen LogP contribution >= 0.6 is 0 Å². The Balaban J connectivity index is 2.06. The van der Waals surface area contributed by atoms with Gasteiger partial charge in [0.1, 0.15) is 0 Å². The minimum absolute atomic E-state index is 0.0268. The maximum atomic E-state index is 12.7. The summed E-state index contributed by atoms with van der Waals surface area (Å²) in [5.41, 5.74) is -0.883. The highest BCUT2D eigenvalue weighted by atomic mass is 19.4. The van der Waals surface area contributed by atoms with Crippen LogP contribution in [0.4, 0.5) is 13.2 Å². The predicted molar refractivity (Wildman–Crippen MR) is 70.2 cm³/mol. The molecule has 2 rings (SSSR count). The average molecular weight is 290 g/mol. The van der Waals surface area contributed by atoms with Gasteiger partial charge in [-0.2, -0.15) is 13.2 Å². The van der Waals surface area contributed by atoms with E-state index in [1.54, 1.807) is 4.90 Å². The molecule has 0 spiro atoms. The Morgan fingerprint density at radius 3 is 2.50 bits per heavy atom. The Kier molecular flexibility index (Phi) is 4.42. The van der Waals surface area contributed by atoms with E-state index in [9.17, 15) is 18.0 Å². The molecule has 20 heavy (non-hydrogen) atoms. The van der Waals surface area contributed by atoms with Crippen LogP contribution in [0.1, 0.15) is 32.6 Å². The van der Waals surface area contributed by atoms with Crippen LogP contribution in [0.5, 0.6) is 0 Å². The summed E-state index contributed by atoms with van der Waals surface area (Å²) in [6.07, 6.45) is -0.894. The number of hydrogen-bond donors (Lipinski definition) is 1. The summed E-state index contributed by atoms with van der Waals surface area (Å²) >= 11 is 0. The molecule has 2 heterocycles. The summed E-state index contributed by atoms with van der Waals surface area (Å²) < 4.78 is 37.8. The van der Waals surface area contributed by atoms with Crippen molar-refractivity contribution in [2.75, 3.05) is 26.2 Å². The predicted octanol–water partition coefficient (Wildman–Crippen LogP) is 2.49. The van der Waals surface area contributed by atoms with Crippen LogP contribution in [0.25, 0.3) is 0 Å². The van der Waals surface area contributed by atoms with E-state index in [4.69, 9.17) is 0 Å². The maximum Gasteiger partial charge on any atom is 0.412 e. The van der Waals surface area contributed by atoms with Crippen molar-refractivity contribution < 1.29 is 18.0 Å². The van der Waals surface area contributed by atoms with Crippen LogP contribution in [-0.4, -0.2) is 43.2 Å². The average Bonchev–Trinajstić information content (AvgIpc) is 2.46.